The van der Waals surface area contributed by atoms with E-state index in [9.17, 15) is 48.6 Å². The van der Waals surface area contributed by atoms with Crippen molar-refractivity contribution in [1.29, 1.82) is 0 Å². The van der Waals surface area contributed by atoms with Gasteiger partial charge in [0, 0.05) is 12.2 Å². The maximum Gasteiger partial charge on any atom is 2.00 e. The zero-order chi connectivity index (χ0) is 25.3. The molecule has 0 aromatic rings. The number of carboxylic acids is 4. The fourth-order valence-electron chi connectivity index (χ4n) is 1.91. The summed E-state index contributed by atoms with van der Waals surface area (Å²) in [5, 5.41) is 53.9. The minimum atomic E-state index is -3.09. The van der Waals surface area contributed by atoms with Crippen LogP contribution in [-0.2, 0) is 47.8 Å². The van der Waals surface area contributed by atoms with Crippen LogP contribution in [0, 0.1) is 0 Å². The van der Waals surface area contributed by atoms with Crippen molar-refractivity contribution in [2.24, 2.45) is 0 Å². The molecule has 184 valence electrons. The van der Waals surface area contributed by atoms with Crippen molar-refractivity contribution in [3.8, 4) is 0 Å². The van der Waals surface area contributed by atoms with Crippen molar-refractivity contribution in [2.45, 2.75) is 36.9 Å². The number of carbonyl (C=O) groups is 8. The van der Waals surface area contributed by atoms with Crippen LogP contribution < -0.4 is 0 Å². The molecule has 0 rings (SSSR count). The maximum atomic E-state index is 11.5. The van der Waals surface area contributed by atoms with E-state index in [2.05, 4.69) is 9.47 Å². The van der Waals surface area contributed by atoms with Gasteiger partial charge in [-0.25, -0.2) is 19.2 Å². The molecule has 0 aliphatic heterocycles. The molecule has 34 heavy (non-hydrogen) atoms. The Morgan fingerprint density at radius 1 is 0.588 bits per heavy atom. The van der Waals surface area contributed by atoms with Crippen molar-refractivity contribution in [1.82, 2.24) is 0 Å². The molecule has 18 heteroatoms. The summed E-state index contributed by atoms with van der Waals surface area (Å²) in [5.74, 6) is -14.4. The second-order valence-corrected chi connectivity index (χ2v) is 6.09. The Kier molecular flexibility index (Phi) is 17.5. The minimum Gasteiger partial charge on any atom is -1.00 e. The average molecular weight is 548 g/mol. The molecule has 0 fully saturated rings. The molecular formula is C16H20Ca2O16. The molecule has 2 unspecified atom stereocenters. The maximum absolute atomic E-state index is 11.5. The molecule has 0 aliphatic rings. The Hall–Kier alpha value is -1.66. The minimum absolute atomic E-state index is 0. The Morgan fingerprint density at radius 2 is 0.853 bits per heavy atom. The van der Waals surface area contributed by atoms with Gasteiger partial charge >= 0.3 is 123 Å². The van der Waals surface area contributed by atoms with Gasteiger partial charge in [0.2, 0.25) is 0 Å². The van der Waals surface area contributed by atoms with Crippen LogP contribution in [0.5, 0.6) is 0 Å². The number of esters is 4. The number of aliphatic hydroxyl groups is 2. The summed E-state index contributed by atoms with van der Waals surface area (Å²) in [4.78, 5) is 88.7. The second-order valence-electron chi connectivity index (χ2n) is 6.09. The third-order valence-electron chi connectivity index (χ3n) is 3.34. The smallest absolute Gasteiger partial charge is 1.00 e. The Bertz CT molecular complexity index is 829. The Morgan fingerprint density at radius 3 is 1.06 bits per heavy atom. The molecule has 0 spiro atoms. The normalized spacial score (nSPS) is 13.6. The number of aliphatic carboxylic acids is 4. The summed E-state index contributed by atoms with van der Waals surface area (Å²) in [7, 11) is 0. The van der Waals surface area contributed by atoms with E-state index in [1.165, 1.54) is 0 Å². The molecule has 0 saturated heterocycles. The zero-order valence-electron chi connectivity index (χ0n) is 21.2. The monoisotopic (exact) mass is 548 g/mol. The first-order valence-electron chi connectivity index (χ1n) is 8.03. The van der Waals surface area contributed by atoms with Gasteiger partial charge in [-0.05, 0) is 0 Å². The van der Waals surface area contributed by atoms with Gasteiger partial charge in [0.05, 0.1) is 25.7 Å². The van der Waals surface area contributed by atoms with Crippen LogP contribution in [0.2, 0.25) is 0 Å². The summed E-state index contributed by atoms with van der Waals surface area (Å²) >= 11 is 0. The Balaban J connectivity index is -0.000000320. The summed E-state index contributed by atoms with van der Waals surface area (Å²) in [5.41, 5.74) is -6.18. The van der Waals surface area contributed by atoms with E-state index in [0.717, 1.165) is 0 Å². The van der Waals surface area contributed by atoms with Crippen molar-refractivity contribution in [3.05, 3.63) is 12.2 Å². The molecule has 0 radical (unpaired) electrons. The number of rotatable bonds is 12. The molecule has 0 bridgehead atoms. The van der Waals surface area contributed by atoms with Crippen LogP contribution in [0.1, 0.15) is 31.4 Å². The van der Waals surface area contributed by atoms with Gasteiger partial charge in [0.25, 0.3) is 0 Å². The van der Waals surface area contributed by atoms with Crippen molar-refractivity contribution < 1.29 is 84.2 Å². The fraction of sp³-hybridized carbons (Fsp3) is 0.375. The van der Waals surface area contributed by atoms with Crippen LogP contribution in [0.3, 0.4) is 0 Å². The molecule has 0 aliphatic carbocycles. The predicted molar refractivity (Wildman–Crippen MR) is 106 cm³/mol. The first-order chi connectivity index (χ1) is 14.5. The van der Waals surface area contributed by atoms with Crippen LogP contribution in [-0.4, -0.2) is 165 Å². The van der Waals surface area contributed by atoms with E-state index >= 15 is 0 Å². The molecule has 0 amide bonds. The summed E-state index contributed by atoms with van der Waals surface area (Å²) < 4.78 is 8.06. The van der Waals surface area contributed by atoms with E-state index < -0.39 is 84.6 Å². The first-order valence-corrected chi connectivity index (χ1v) is 8.03. The molecule has 0 heterocycles. The standard InChI is InChI=1S/C16H16O16.2Ca.4H/c17-7(18)3-15(29,13(25)26)5-11(23)31-9(21)1-2-10(22)32-12(24)6-16(30,14(27)28)4-8(19)20;;;;;;/h1-2,29-30H,3-6H2,(H,17,18)(H,19,20)(H,25,26)(H,27,28);;;;;;/q;2*+2;4*-1/b2-1-;;;;;;. The SMILES string of the molecule is O=C(O)CC(O)(CC(=O)OC(=O)/C=C\C(=O)OC(=O)CC(O)(CC(=O)O)C(=O)O)C(=O)O.[Ca+2].[Ca+2].[H-].[H-].[H-].[H-]. The van der Waals surface area contributed by atoms with Gasteiger partial charge in [-0.2, -0.15) is 0 Å². The topological polar surface area (TPSA) is 276 Å². The molecular weight excluding hydrogens is 528 g/mol. The molecule has 6 N–H and O–H groups in total. The summed E-state index contributed by atoms with van der Waals surface area (Å²) in [6.45, 7) is 0. The zero-order valence-corrected chi connectivity index (χ0v) is 21.6. The van der Waals surface area contributed by atoms with E-state index in [1.807, 2.05) is 0 Å². The van der Waals surface area contributed by atoms with E-state index in [4.69, 9.17) is 20.4 Å². The number of hydrogen-bond donors (Lipinski definition) is 6. The third-order valence-corrected chi connectivity index (χ3v) is 3.34. The van der Waals surface area contributed by atoms with Gasteiger partial charge in [-0.3, -0.25) is 19.2 Å². The van der Waals surface area contributed by atoms with Crippen LogP contribution in [0.15, 0.2) is 12.2 Å². The summed E-state index contributed by atoms with van der Waals surface area (Å²) in [6, 6.07) is 0. The molecule has 0 saturated carbocycles. The van der Waals surface area contributed by atoms with Crippen LogP contribution in [0.25, 0.3) is 0 Å². The first kappa shape index (κ1) is 36.9. The molecule has 0 aromatic heterocycles. The van der Waals surface area contributed by atoms with Gasteiger partial charge in [-0.1, -0.05) is 0 Å². The number of hydrogen-bond acceptors (Lipinski definition) is 12. The fourth-order valence-corrected chi connectivity index (χ4v) is 1.91. The van der Waals surface area contributed by atoms with Crippen molar-refractivity contribution in [3.63, 3.8) is 0 Å². The van der Waals surface area contributed by atoms with Crippen molar-refractivity contribution in [2.75, 3.05) is 0 Å². The van der Waals surface area contributed by atoms with Gasteiger partial charge < -0.3 is 45.8 Å². The predicted octanol–water partition coefficient (Wildman–Crippen LogP) is -3.27. The molecule has 16 nitrogen and oxygen atoms in total. The number of ether oxygens (including phenoxy) is 2. The number of carbonyl (C=O) groups excluding carboxylic acids is 4. The van der Waals surface area contributed by atoms with Crippen LogP contribution in [0.4, 0.5) is 0 Å². The average Bonchev–Trinajstić information content (AvgIpc) is 2.57. The second kappa shape index (κ2) is 16.1. The van der Waals surface area contributed by atoms with E-state index in [1.54, 1.807) is 0 Å². The van der Waals surface area contributed by atoms with Gasteiger partial charge in [0.15, 0.2) is 11.2 Å². The molecule has 2 atom stereocenters. The molecule has 0 aromatic carbocycles. The van der Waals surface area contributed by atoms with Crippen LogP contribution >= 0.6 is 0 Å². The quantitative estimate of drug-likeness (QED) is 0.0603. The van der Waals surface area contributed by atoms with E-state index in [0.29, 0.717) is 0 Å². The van der Waals surface area contributed by atoms with Gasteiger partial charge in [-0.15, -0.1) is 0 Å². The third kappa shape index (κ3) is 13.9. The Labute approximate surface area is 254 Å². The summed E-state index contributed by atoms with van der Waals surface area (Å²) in [6.07, 6.45) is -5.31. The van der Waals surface area contributed by atoms with Crippen molar-refractivity contribution >= 4 is 123 Å². The number of carboxylic acid groups (broad SMARTS) is 4. The van der Waals surface area contributed by atoms with E-state index in [-0.39, 0.29) is 93.3 Å². The van der Waals surface area contributed by atoms with Gasteiger partial charge in [0.1, 0.15) is 0 Å². The largest absolute Gasteiger partial charge is 2.00 e.